The van der Waals surface area contributed by atoms with Gasteiger partial charge in [0.05, 0.1) is 0 Å². The van der Waals surface area contributed by atoms with Gasteiger partial charge in [0.1, 0.15) is 0 Å². The Kier molecular flexibility index (Phi) is 2.39. The standard InChI is InChI=1S/C22H18O2/c1-21-13-7-3-5-9-15(13)22(2,16-10-6-4-8-14(16)21)20-18(24)12-11-17(23)19(20)21/h3-12,19-20H,1-2H3. The van der Waals surface area contributed by atoms with E-state index in [1.54, 1.807) is 0 Å². The van der Waals surface area contributed by atoms with Crippen molar-refractivity contribution in [3.63, 3.8) is 0 Å². The van der Waals surface area contributed by atoms with Crippen LogP contribution in [0.5, 0.6) is 0 Å². The Morgan fingerprint density at radius 2 is 0.917 bits per heavy atom. The van der Waals surface area contributed by atoms with E-state index >= 15 is 0 Å². The lowest BCUT2D eigenvalue weighted by Crippen LogP contribution is -2.63. The van der Waals surface area contributed by atoms with Gasteiger partial charge in [-0.2, -0.15) is 0 Å². The minimum absolute atomic E-state index is 0.0809. The zero-order valence-electron chi connectivity index (χ0n) is 13.7. The lowest BCUT2D eigenvalue weighted by Gasteiger charge is -2.60. The second-order valence-electron chi connectivity index (χ2n) is 7.59. The smallest absolute Gasteiger partial charge is 0.160 e. The van der Waals surface area contributed by atoms with E-state index in [0.717, 1.165) is 0 Å². The molecule has 2 heteroatoms. The molecule has 24 heavy (non-hydrogen) atoms. The van der Waals surface area contributed by atoms with Crippen molar-refractivity contribution >= 4 is 11.6 Å². The summed E-state index contributed by atoms with van der Waals surface area (Å²) in [7, 11) is 0. The number of rotatable bonds is 0. The molecular weight excluding hydrogens is 296 g/mol. The maximum atomic E-state index is 12.9. The average Bonchev–Trinajstić information content (AvgIpc) is 2.61. The van der Waals surface area contributed by atoms with Gasteiger partial charge in [0, 0.05) is 22.7 Å². The quantitative estimate of drug-likeness (QED) is 0.745. The third-order valence-corrected chi connectivity index (χ3v) is 6.69. The van der Waals surface area contributed by atoms with E-state index in [4.69, 9.17) is 0 Å². The summed E-state index contributed by atoms with van der Waals surface area (Å²) in [6.45, 7) is 4.29. The first-order valence-corrected chi connectivity index (χ1v) is 8.46. The molecular formula is C22H18O2. The Hall–Kier alpha value is -2.48. The molecule has 0 saturated heterocycles. The van der Waals surface area contributed by atoms with Crippen LogP contribution in [-0.2, 0) is 20.4 Å². The molecule has 2 aromatic rings. The van der Waals surface area contributed by atoms with Crippen LogP contribution in [0.3, 0.4) is 0 Å². The number of carbonyl (C=O) groups excluding carboxylic acids is 2. The van der Waals surface area contributed by atoms with Gasteiger partial charge < -0.3 is 0 Å². The molecule has 118 valence electrons. The topological polar surface area (TPSA) is 34.1 Å². The zero-order chi connectivity index (χ0) is 16.7. The lowest BCUT2D eigenvalue weighted by atomic mass is 9.40. The maximum Gasteiger partial charge on any atom is 0.160 e. The summed E-state index contributed by atoms with van der Waals surface area (Å²) in [5.74, 6) is -0.468. The summed E-state index contributed by atoms with van der Waals surface area (Å²) in [6.07, 6.45) is 2.98. The summed E-state index contributed by atoms with van der Waals surface area (Å²) in [6, 6.07) is 16.7. The Bertz CT molecular complexity index is 826. The van der Waals surface area contributed by atoms with Gasteiger partial charge in [0.2, 0.25) is 0 Å². The van der Waals surface area contributed by atoms with Crippen LogP contribution in [0.2, 0.25) is 0 Å². The SMILES string of the molecule is CC12c3ccccc3C(C)(c3ccccc31)C1C(=O)C=CC(=O)C12. The van der Waals surface area contributed by atoms with Gasteiger partial charge in [0.25, 0.3) is 0 Å². The van der Waals surface area contributed by atoms with Crippen LogP contribution in [0.4, 0.5) is 0 Å². The van der Waals surface area contributed by atoms with Crippen LogP contribution in [0.15, 0.2) is 60.7 Å². The summed E-state index contributed by atoms with van der Waals surface area (Å²) >= 11 is 0. The van der Waals surface area contributed by atoms with E-state index in [9.17, 15) is 9.59 Å². The molecule has 0 N–H and O–H groups in total. The molecule has 2 unspecified atom stereocenters. The maximum absolute atomic E-state index is 12.9. The molecule has 0 radical (unpaired) electrons. The molecule has 4 aliphatic carbocycles. The highest BCUT2D eigenvalue weighted by Gasteiger charge is 2.65. The molecule has 0 fully saturated rings. The van der Waals surface area contributed by atoms with Crippen LogP contribution in [-0.4, -0.2) is 11.6 Å². The fraction of sp³-hybridized carbons (Fsp3) is 0.273. The second-order valence-corrected chi connectivity index (χ2v) is 7.59. The molecule has 0 spiro atoms. The summed E-state index contributed by atoms with van der Waals surface area (Å²) in [4.78, 5) is 25.8. The minimum Gasteiger partial charge on any atom is -0.294 e. The van der Waals surface area contributed by atoms with Crippen molar-refractivity contribution in [2.45, 2.75) is 24.7 Å². The van der Waals surface area contributed by atoms with Crippen molar-refractivity contribution < 1.29 is 9.59 Å². The van der Waals surface area contributed by atoms with Gasteiger partial charge in [-0.05, 0) is 34.4 Å². The number of allylic oxidation sites excluding steroid dienone is 2. The first-order chi connectivity index (χ1) is 11.5. The largest absolute Gasteiger partial charge is 0.294 e. The molecule has 0 saturated carbocycles. The number of hydrogen-bond acceptors (Lipinski definition) is 2. The fourth-order valence-corrected chi connectivity index (χ4v) is 5.67. The van der Waals surface area contributed by atoms with E-state index in [1.165, 1.54) is 34.4 Å². The van der Waals surface area contributed by atoms with Crippen LogP contribution < -0.4 is 0 Å². The van der Waals surface area contributed by atoms with Gasteiger partial charge in [-0.1, -0.05) is 62.4 Å². The van der Waals surface area contributed by atoms with Gasteiger partial charge in [-0.15, -0.1) is 0 Å². The van der Waals surface area contributed by atoms with Crippen molar-refractivity contribution in [2.24, 2.45) is 11.8 Å². The molecule has 6 rings (SSSR count). The lowest BCUT2D eigenvalue weighted by molar-refractivity contribution is -0.135. The third kappa shape index (κ3) is 1.27. The monoisotopic (exact) mass is 314 g/mol. The zero-order valence-corrected chi connectivity index (χ0v) is 13.7. The minimum atomic E-state index is -0.451. The molecule has 0 amide bonds. The fourth-order valence-electron chi connectivity index (χ4n) is 5.67. The van der Waals surface area contributed by atoms with Crippen molar-refractivity contribution in [3.8, 4) is 0 Å². The molecule has 2 aromatic carbocycles. The van der Waals surface area contributed by atoms with Crippen molar-refractivity contribution in [1.29, 1.82) is 0 Å². The van der Waals surface area contributed by atoms with E-state index in [0.29, 0.717) is 0 Å². The third-order valence-electron chi connectivity index (χ3n) is 6.69. The van der Waals surface area contributed by atoms with Crippen LogP contribution in [0, 0.1) is 11.8 Å². The van der Waals surface area contributed by atoms with E-state index in [2.05, 4.69) is 38.1 Å². The molecule has 0 aliphatic heterocycles. The van der Waals surface area contributed by atoms with Crippen molar-refractivity contribution in [2.75, 3.05) is 0 Å². The number of hydrogen-bond donors (Lipinski definition) is 0. The molecule has 2 nitrogen and oxygen atoms in total. The molecule has 2 bridgehead atoms. The van der Waals surface area contributed by atoms with E-state index < -0.39 is 10.8 Å². The highest BCUT2D eigenvalue weighted by Crippen LogP contribution is 2.65. The van der Waals surface area contributed by atoms with E-state index in [-0.39, 0.29) is 23.4 Å². The summed E-state index contributed by atoms with van der Waals surface area (Å²) in [5, 5.41) is 0. The predicted molar refractivity (Wildman–Crippen MR) is 91.9 cm³/mol. The van der Waals surface area contributed by atoms with Crippen LogP contribution >= 0.6 is 0 Å². The highest BCUT2D eigenvalue weighted by atomic mass is 16.1. The second kappa shape index (κ2) is 4.13. The average molecular weight is 314 g/mol. The Balaban J connectivity index is 1.99. The number of benzene rings is 2. The number of carbonyl (C=O) groups is 2. The first kappa shape index (κ1) is 13.9. The molecule has 4 aliphatic rings. The van der Waals surface area contributed by atoms with Gasteiger partial charge in [-0.25, -0.2) is 0 Å². The molecule has 2 atom stereocenters. The van der Waals surface area contributed by atoms with Gasteiger partial charge in [-0.3, -0.25) is 9.59 Å². The van der Waals surface area contributed by atoms with Gasteiger partial charge >= 0.3 is 0 Å². The Morgan fingerprint density at radius 1 is 0.625 bits per heavy atom. The van der Waals surface area contributed by atoms with Crippen molar-refractivity contribution in [1.82, 2.24) is 0 Å². The summed E-state index contributed by atoms with van der Waals surface area (Å²) < 4.78 is 0. The highest BCUT2D eigenvalue weighted by molar-refractivity contribution is 6.10. The predicted octanol–water partition coefficient (Wildman–Crippen LogP) is 3.57. The van der Waals surface area contributed by atoms with Crippen molar-refractivity contribution in [3.05, 3.63) is 82.9 Å². The first-order valence-electron chi connectivity index (χ1n) is 8.46. The molecule has 0 heterocycles. The Morgan fingerprint density at radius 3 is 1.21 bits per heavy atom. The van der Waals surface area contributed by atoms with Crippen LogP contribution in [0.1, 0.15) is 36.1 Å². The summed E-state index contributed by atoms with van der Waals surface area (Å²) in [5.41, 5.74) is 3.89. The molecule has 0 aromatic heterocycles. The normalized spacial score (nSPS) is 35.4. The van der Waals surface area contributed by atoms with Gasteiger partial charge in [0.15, 0.2) is 11.6 Å². The Labute approximate surface area is 141 Å². The van der Waals surface area contributed by atoms with Crippen LogP contribution in [0.25, 0.3) is 0 Å². The number of ketones is 2. The van der Waals surface area contributed by atoms with E-state index in [1.807, 2.05) is 24.3 Å².